The van der Waals surface area contributed by atoms with Gasteiger partial charge in [0.25, 0.3) is 0 Å². The first-order chi connectivity index (χ1) is 10.7. The zero-order valence-electron chi connectivity index (χ0n) is 15.8. The van der Waals surface area contributed by atoms with Crippen molar-refractivity contribution in [1.29, 1.82) is 0 Å². The van der Waals surface area contributed by atoms with Gasteiger partial charge in [0, 0.05) is 6.54 Å². The van der Waals surface area contributed by atoms with Crippen molar-refractivity contribution < 1.29 is 5.11 Å². The first kappa shape index (κ1) is 21.9. The van der Waals surface area contributed by atoms with Gasteiger partial charge in [0.2, 0.25) is 0 Å². The van der Waals surface area contributed by atoms with Gasteiger partial charge in [-0.05, 0) is 20.5 Å². The lowest BCUT2D eigenvalue weighted by atomic mass is 10.0. The van der Waals surface area contributed by atoms with Crippen molar-refractivity contribution in [3.8, 4) is 0 Å². The van der Waals surface area contributed by atoms with Crippen LogP contribution in [0.3, 0.4) is 0 Å². The molecule has 0 aliphatic carbocycles. The molecule has 1 atom stereocenters. The molecule has 1 N–H and O–H groups in total. The van der Waals surface area contributed by atoms with Gasteiger partial charge in [-0.2, -0.15) is 0 Å². The fourth-order valence-corrected chi connectivity index (χ4v) is 3.09. The third kappa shape index (κ3) is 18.0. The Labute approximate surface area is 140 Å². The van der Waals surface area contributed by atoms with Crippen molar-refractivity contribution in [2.24, 2.45) is 0 Å². The summed E-state index contributed by atoms with van der Waals surface area (Å²) in [6.45, 7) is 3.09. The van der Waals surface area contributed by atoms with Crippen LogP contribution in [-0.4, -0.2) is 36.8 Å². The fourth-order valence-electron chi connectivity index (χ4n) is 3.09. The van der Waals surface area contributed by atoms with Gasteiger partial charge in [-0.3, -0.25) is 0 Å². The lowest BCUT2D eigenvalue weighted by molar-refractivity contribution is 0.125. The van der Waals surface area contributed by atoms with Gasteiger partial charge in [0.1, 0.15) is 0 Å². The molecule has 0 aliphatic heterocycles. The molecule has 0 aromatic rings. The minimum atomic E-state index is -0.132. The maximum atomic E-state index is 9.77. The SMILES string of the molecule is CCCCCCCCCCCCCCCCC(O)CN(C)C. The Balaban J connectivity index is 3.05. The third-order valence-corrected chi connectivity index (χ3v) is 4.47. The second-order valence-corrected chi connectivity index (χ2v) is 7.30. The van der Waals surface area contributed by atoms with E-state index in [0.717, 1.165) is 13.0 Å². The predicted octanol–water partition coefficient (Wildman–Crippen LogP) is 5.78. The molecule has 0 aromatic heterocycles. The summed E-state index contributed by atoms with van der Waals surface area (Å²) in [4.78, 5) is 2.06. The molecule has 0 saturated carbocycles. The van der Waals surface area contributed by atoms with Crippen molar-refractivity contribution in [2.75, 3.05) is 20.6 Å². The Morgan fingerprint density at radius 1 is 0.636 bits per heavy atom. The van der Waals surface area contributed by atoms with E-state index in [2.05, 4.69) is 11.8 Å². The standard InChI is InChI=1S/C20H43NO/c1-4-5-6-7-8-9-10-11-12-13-14-15-16-17-18-20(22)19-21(2)3/h20,22H,4-19H2,1-3H3. The number of hydrogen-bond acceptors (Lipinski definition) is 2. The van der Waals surface area contributed by atoms with E-state index < -0.39 is 0 Å². The van der Waals surface area contributed by atoms with Crippen LogP contribution in [0.25, 0.3) is 0 Å². The van der Waals surface area contributed by atoms with E-state index in [0.29, 0.717) is 0 Å². The van der Waals surface area contributed by atoms with Crippen molar-refractivity contribution in [3.05, 3.63) is 0 Å². The fraction of sp³-hybridized carbons (Fsp3) is 1.00. The van der Waals surface area contributed by atoms with E-state index in [1.807, 2.05) is 14.1 Å². The highest BCUT2D eigenvalue weighted by Gasteiger charge is 2.04. The molecule has 0 aliphatic rings. The molecule has 22 heavy (non-hydrogen) atoms. The van der Waals surface area contributed by atoms with Gasteiger partial charge in [0.05, 0.1) is 6.10 Å². The maximum absolute atomic E-state index is 9.77. The molecule has 0 aromatic carbocycles. The number of hydrogen-bond donors (Lipinski definition) is 1. The zero-order chi connectivity index (χ0) is 16.5. The van der Waals surface area contributed by atoms with Crippen LogP contribution in [0, 0.1) is 0 Å². The summed E-state index contributed by atoms with van der Waals surface area (Å²) in [5, 5.41) is 9.77. The molecule has 134 valence electrons. The van der Waals surface area contributed by atoms with E-state index in [-0.39, 0.29) is 6.10 Å². The van der Waals surface area contributed by atoms with Crippen molar-refractivity contribution in [2.45, 2.75) is 109 Å². The molecule has 0 bridgehead atoms. The van der Waals surface area contributed by atoms with Gasteiger partial charge < -0.3 is 10.0 Å². The Morgan fingerprint density at radius 2 is 1.00 bits per heavy atom. The minimum Gasteiger partial charge on any atom is -0.392 e. The van der Waals surface area contributed by atoms with Gasteiger partial charge >= 0.3 is 0 Å². The number of likely N-dealkylation sites (N-methyl/N-ethyl adjacent to an activating group) is 1. The quantitative estimate of drug-likeness (QED) is 0.344. The zero-order valence-corrected chi connectivity index (χ0v) is 15.8. The third-order valence-electron chi connectivity index (χ3n) is 4.47. The largest absolute Gasteiger partial charge is 0.392 e. The molecular formula is C20H43NO. The van der Waals surface area contributed by atoms with Crippen molar-refractivity contribution in [1.82, 2.24) is 4.90 Å². The Kier molecular flexibility index (Phi) is 17.2. The Hall–Kier alpha value is -0.0800. The molecule has 0 radical (unpaired) electrons. The lowest BCUT2D eigenvalue weighted by Gasteiger charge is -2.15. The average molecular weight is 314 g/mol. The van der Waals surface area contributed by atoms with Crippen LogP contribution in [-0.2, 0) is 0 Å². The van der Waals surface area contributed by atoms with E-state index in [1.54, 1.807) is 0 Å². The van der Waals surface area contributed by atoms with E-state index >= 15 is 0 Å². The number of rotatable bonds is 17. The Bertz CT molecular complexity index is 206. The van der Waals surface area contributed by atoms with Crippen LogP contribution in [0.2, 0.25) is 0 Å². The minimum absolute atomic E-state index is 0.132. The average Bonchev–Trinajstić information content (AvgIpc) is 2.47. The topological polar surface area (TPSA) is 23.5 Å². The first-order valence-electron chi connectivity index (χ1n) is 9.99. The first-order valence-corrected chi connectivity index (χ1v) is 9.99. The van der Waals surface area contributed by atoms with Gasteiger partial charge in [0.15, 0.2) is 0 Å². The van der Waals surface area contributed by atoms with E-state index in [1.165, 1.54) is 89.9 Å². The van der Waals surface area contributed by atoms with Crippen LogP contribution in [0.1, 0.15) is 103 Å². The van der Waals surface area contributed by atoms with Crippen molar-refractivity contribution in [3.63, 3.8) is 0 Å². The molecule has 0 fully saturated rings. The monoisotopic (exact) mass is 313 g/mol. The number of nitrogens with zero attached hydrogens (tertiary/aromatic N) is 1. The summed E-state index contributed by atoms with van der Waals surface area (Å²) >= 11 is 0. The van der Waals surface area contributed by atoms with Gasteiger partial charge in [-0.1, -0.05) is 96.8 Å². The summed E-state index contributed by atoms with van der Waals surface area (Å²) in [7, 11) is 4.04. The number of aliphatic hydroxyl groups excluding tert-OH is 1. The van der Waals surface area contributed by atoms with Crippen LogP contribution in [0.5, 0.6) is 0 Å². The summed E-state index contributed by atoms with van der Waals surface area (Å²) in [5.74, 6) is 0. The van der Waals surface area contributed by atoms with Crippen LogP contribution in [0.15, 0.2) is 0 Å². The lowest BCUT2D eigenvalue weighted by Crippen LogP contribution is -2.25. The predicted molar refractivity (Wildman–Crippen MR) is 99.5 cm³/mol. The number of unbranched alkanes of at least 4 members (excludes halogenated alkanes) is 13. The molecule has 2 nitrogen and oxygen atoms in total. The second-order valence-electron chi connectivity index (χ2n) is 7.30. The maximum Gasteiger partial charge on any atom is 0.0666 e. The van der Waals surface area contributed by atoms with Gasteiger partial charge in [-0.15, -0.1) is 0 Å². The van der Waals surface area contributed by atoms with Crippen LogP contribution < -0.4 is 0 Å². The van der Waals surface area contributed by atoms with E-state index in [9.17, 15) is 5.11 Å². The normalized spacial score (nSPS) is 13.0. The highest BCUT2D eigenvalue weighted by molar-refractivity contribution is 4.59. The Morgan fingerprint density at radius 3 is 1.36 bits per heavy atom. The molecule has 0 heterocycles. The summed E-state index contributed by atoms with van der Waals surface area (Å²) in [6, 6.07) is 0. The number of aliphatic hydroxyl groups is 1. The smallest absolute Gasteiger partial charge is 0.0666 e. The molecule has 2 heteroatoms. The van der Waals surface area contributed by atoms with Crippen LogP contribution >= 0.6 is 0 Å². The molecule has 0 amide bonds. The molecule has 0 rings (SSSR count). The second kappa shape index (κ2) is 17.3. The summed E-state index contributed by atoms with van der Waals surface area (Å²) < 4.78 is 0. The molecule has 1 unspecified atom stereocenters. The van der Waals surface area contributed by atoms with Crippen LogP contribution in [0.4, 0.5) is 0 Å². The highest BCUT2D eigenvalue weighted by Crippen LogP contribution is 2.13. The van der Waals surface area contributed by atoms with Crippen molar-refractivity contribution >= 4 is 0 Å². The molecule has 0 spiro atoms. The highest BCUT2D eigenvalue weighted by atomic mass is 16.3. The van der Waals surface area contributed by atoms with E-state index in [4.69, 9.17) is 0 Å². The van der Waals surface area contributed by atoms with Gasteiger partial charge in [-0.25, -0.2) is 0 Å². The summed E-state index contributed by atoms with van der Waals surface area (Å²) in [6.07, 6.45) is 20.4. The summed E-state index contributed by atoms with van der Waals surface area (Å²) in [5.41, 5.74) is 0. The molecule has 0 saturated heterocycles. The molecular weight excluding hydrogens is 270 g/mol.